The molecule has 0 aliphatic heterocycles. The highest BCUT2D eigenvalue weighted by molar-refractivity contribution is 9.10. The lowest BCUT2D eigenvalue weighted by atomic mass is 10.1. The molecule has 2 aromatic rings. The molecule has 6 nitrogen and oxygen atoms in total. The number of nitrogens with one attached hydrogen (secondary N) is 2. The first-order chi connectivity index (χ1) is 9.93. The second-order valence-electron chi connectivity index (χ2n) is 5.35. The Morgan fingerprint density at radius 1 is 1.48 bits per heavy atom. The Balaban J connectivity index is 2.48. The Labute approximate surface area is 131 Å². The van der Waals surface area contributed by atoms with Crippen LogP contribution in [0.2, 0.25) is 0 Å². The Kier molecular flexibility index (Phi) is 4.84. The number of anilines is 1. The van der Waals surface area contributed by atoms with Crippen LogP contribution in [0.15, 0.2) is 16.6 Å². The molecule has 0 spiro atoms. The number of aromatic nitrogens is 2. The number of rotatable bonds is 5. The largest absolute Gasteiger partial charge is 0.359 e. The van der Waals surface area contributed by atoms with E-state index in [9.17, 15) is 4.79 Å². The molecule has 0 unspecified atom stereocenters. The zero-order valence-electron chi connectivity index (χ0n) is 12.3. The van der Waals surface area contributed by atoms with Crippen LogP contribution in [0.5, 0.6) is 0 Å². The van der Waals surface area contributed by atoms with E-state index in [2.05, 4.69) is 44.5 Å². The van der Waals surface area contributed by atoms with Crippen LogP contribution >= 0.6 is 15.9 Å². The van der Waals surface area contributed by atoms with E-state index < -0.39 is 5.91 Å². The number of hydrogen-bond acceptors (Lipinski definition) is 4. The third kappa shape index (κ3) is 3.36. The molecule has 0 saturated carbocycles. The molecule has 0 aliphatic carbocycles. The average Bonchev–Trinajstić information content (AvgIpc) is 2.78. The molecule has 0 saturated heterocycles. The fourth-order valence-electron chi connectivity index (χ4n) is 2.25. The summed E-state index contributed by atoms with van der Waals surface area (Å²) in [7, 11) is 0. The molecule has 3 N–H and O–H groups in total. The monoisotopic (exact) mass is 354 g/mol. The van der Waals surface area contributed by atoms with Crippen LogP contribution in [0, 0.1) is 12.8 Å². The first-order valence-corrected chi connectivity index (χ1v) is 7.56. The van der Waals surface area contributed by atoms with E-state index in [0.29, 0.717) is 11.7 Å². The molecule has 0 radical (unpaired) electrons. The maximum atomic E-state index is 11.2. The highest BCUT2D eigenvalue weighted by atomic mass is 79.9. The van der Waals surface area contributed by atoms with Gasteiger partial charge in [0.05, 0.1) is 12.2 Å². The minimum absolute atomic E-state index is 0.0221. The molecule has 1 amide bonds. The van der Waals surface area contributed by atoms with E-state index in [4.69, 9.17) is 5.21 Å². The van der Waals surface area contributed by atoms with E-state index >= 15 is 0 Å². The number of amides is 1. The highest BCUT2D eigenvalue weighted by Crippen LogP contribution is 2.26. The van der Waals surface area contributed by atoms with Gasteiger partial charge in [-0.1, -0.05) is 13.8 Å². The molecule has 0 aliphatic rings. The molecule has 7 heteroatoms. The van der Waals surface area contributed by atoms with Gasteiger partial charge in [0.2, 0.25) is 0 Å². The first kappa shape index (κ1) is 15.8. The van der Waals surface area contributed by atoms with Gasteiger partial charge in [-0.25, -0.2) is 10.5 Å². The van der Waals surface area contributed by atoms with E-state index in [1.807, 2.05) is 19.1 Å². The summed E-state index contributed by atoms with van der Waals surface area (Å²) < 4.78 is 3.10. The second kappa shape index (κ2) is 6.44. The van der Waals surface area contributed by atoms with Gasteiger partial charge in [-0.2, -0.15) is 0 Å². The van der Waals surface area contributed by atoms with Gasteiger partial charge in [0.15, 0.2) is 0 Å². The van der Waals surface area contributed by atoms with Crippen molar-refractivity contribution >= 4 is 33.3 Å². The van der Waals surface area contributed by atoms with E-state index in [0.717, 1.165) is 27.9 Å². The van der Waals surface area contributed by atoms with Crippen LogP contribution in [-0.4, -0.2) is 27.0 Å². The topological polar surface area (TPSA) is 78.7 Å². The van der Waals surface area contributed by atoms with Crippen molar-refractivity contribution in [3.05, 3.63) is 28.0 Å². The first-order valence-electron chi connectivity index (χ1n) is 6.77. The number of carbonyl (C=O) groups excluding carboxylic acids is 1. The third-order valence-corrected chi connectivity index (χ3v) is 4.04. The van der Waals surface area contributed by atoms with Crippen molar-refractivity contribution in [2.24, 2.45) is 5.92 Å². The number of hydrogen-bond donors (Lipinski definition) is 3. The van der Waals surface area contributed by atoms with E-state index in [1.54, 1.807) is 5.48 Å². The lowest BCUT2D eigenvalue weighted by molar-refractivity contribution is -0.127. The van der Waals surface area contributed by atoms with Crippen LogP contribution in [-0.2, 0) is 11.2 Å². The van der Waals surface area contributed by atoms with Crippen LogP contribution in [0.25, 0.3) is 5.65 Å². The van der Waals surface area contributed by atoms with Crippen molar-refractivity contribution in [1.82, 2.24) is 14.9 Å². The number of hydroxylamine groups is 1. The highest BCUT2D eigenvalue weighted by Gasteiger charge is 2.16. The lowest BCUT2D eigenvalue weighted by Crippen LogP contribution is -2.27. The van der Waals surface area contributed by atoms with Gasteiger partial charge in [-0.3, -0.25) is 14.4 Å². The number of nitrogens with zero attached hydrogens (tertiary/aromatic N) is 2. The van der Waals surface area contributed by atoms with Crippen LogP contribution in [0.1, 0.15) is 25.2 Å². The van der Waals surface area contributed by atoms with Gasteiger partial charge in [0.1, 0.15) is 11.5 Å². The zero-order chi connectivity index (χ0) is 15.6. The summed E-state index contributed by atoms with van der Waals surface area (Å²) in [6, 6.07) is 3.89. The molecule has 21 heavy (non-hydrogen) atoms. The molecular formula is C14H19BrN4O2. The predicted molar refractivity (Wildman–Crippen MR) is 84.6 cm³/mol. The number of aryl methyl sites for hydroxylation is 1. The van der Waals surface area contributed by atoms with Crippen LogP contribution in [0.4, 0.5) is 5.82 Å². The summed E-state index contributed by atoms with van der Waals surface area (Å²) in [4.78, 5) is 15.7. The third-order valence-electron chi connectivity index (χ3n) is 3.20. The lowest BCUT2D eigenvalue weighted by Gasteiger charge is -2.11. The summed E-state index contributed by atoms with van der Waals surface area (Å²) in [6.45, 7) is 6.27. The number of carbonyl (C=O) groups is 1. The van der Waals surface area contributed by atoms with Crippen molar-refractivity contribution in [2.45, 2.75) is 27.2 Å². The molecule has 0 aromatic carbocycles. The molecule has 2 rings (SSSR count). The average molecular weight is 355 g/mol. The van der Waals surface area contributed by atoms with Crippen LogP contribution < -0.4 is 10.8 Å². The molecule has 0 atom stereocenters. The van der Waals surface area contributed by atoms with Crippen molar-refractivity contribution in [3.63, 3.8) is 0 Å². The SMILES string of the molecule is Cc1c(Br)ccc2nc(NCC(=O)NO)c(CC(C)C)n12. The number of halogens is 1. The van der Waals surface area contributed by atoms with Crippen molar-refractivity contribution in [3.8, 4) is 0 Å². The molecule has 2 heterocycles. The summed E-state index contributed by atoms with van der Waals surface area (Å²) in [5.74, 6) is 0.629. The molecular weight excluding hydrogens is 336 g/mol. The normalized spacial score (nSPS) is 11.1. The Hall–Kier alpha value is -1.60. The summed E-state index contributed by atoms with van der Waals surface area (Å²) >= 11 is 3.53. The molecule has 0 fully saturated rings. The standard InChI is InChI=1S/C14H19BrN4O2/c1-8(2)6-11-14(16-7-13(20)18-21)17-12-5-4-10(15)9(3)19(11)12/h4-5,8,16,21H,6-7H2,1-3H3,(H,18,20). The van der Waals surface area contributed by atoms with Gasteiger partial charge < -0.3 is 5.32 Å². The van der Waals surface area contributed by atoms with E-state index in [-0.39, 0.29) is 6.54 Å². The van der Waals surface area contributed by atoms with Crippen molar-refractivity contribution < 1.29 is 10.0 Å². The van der Waals surface area contributed by atoms with Gasteiger partial charge >= 0.3 is 0 Å². The fourth-order valence-corrected chi connectivity index (χ4v) is 2.56. The minimum Gasteiger partial charge on any atom is -0.359 e. The summed E-state index contributed by atoms with van der Waals surface area (Å²) in [6.07, 6.45) is 0.835. The molecule has 0 bridgehead atoms. The summed E-state index contributed by atoms with van der Waals surface area (Å²) in [5.41, 5.74) is 4.54. The predicted octanol–water partition coefficient (Wildman–Crippen LogP) is 2.52. The van der Waals surface area contributed by atoms with Gasteiger partial charge in [0, 0.05) is 10.2 Å². The zero-order valence-corrected chi connectivity index (χ0v) is 13.9. The quantitative estimate of drug-likeness (QED) is 0.569. The van der Waals surface area contributed by atoms with Gasteiger partial charge in [0.25, 0.3) is 5.91 Å². The maximum absolute atomic E-state index is 11.2. The Bertz CT molecular complexity index is 667. The maximum Gasteiger partial charge on any atom is 0.262 e. The second-order valence-corrected chi connectivity index (χ2v) is 6.21. The minimum atomic E-state index is -0.500. The number of fused-ring (bicyclic) bond motifs is 1. The van der Waals surface area contributed by atoms with Crippen molar-refractivity contribution in [2.75, 3.05) is 11.9 Å². The fraction of sp³-hybridized carbons (Fsp3) is 0.429. The van der Waals surface area contributed by atoms with Gasteiger partial charge in [-0.05, 0) is 47.3 Å². The van der Waals surface area contributed by atoms with E-state index in [1.165, 1.54) is 0 Å². The van der Waals surface area contributed by atoms with Crippen molar-refractivity contribution in [1.29, 1.82) is 0 Å². The Morgan fingerprint density at radius 3 is 2.81 bits per heavy atom. The summed E-state index contributed by atoms with van der Waals surface area (Å²) in [5, 5.41) is 11.6. The number of pyridine rings is 1. The van der Waals surface area contributed by atoms with Gasteiger partial charge in [-0.15, -0.1) is 0 Å². The molecule has 114 valence electrons. The molecule has 2 aromatic heterocycles. The Morgan fingerprint density at radius 2 is 2.19 bits per heavy atom. The smallest absolute Gasteiger partial charge is 0.262 e. The van der Waals surface area contributed by atoms with Crippen LogP contribution in [0.3, 0.4) is 0 Å². The number of imidazole rings is 1.